The van der Waals surface area contributed by atoms with E-state index in [4.69, 9.17) is 20.9 Å². The second-order valence-electron chi connectivity index (χ2n) is 4.28. The molecule has 0 aliphatic heterocycles. The summed E-state index contributed by atoms with van der Waals surface area (Å²) in [5, 5.41) is 17.4. The number of pyridine rings is 1. The Kier molecular flexibility index (Phi) is 5.23. The second kappa shape index (κ2) is 7.14. The maximum absolute atomic E-state index is 10.6. The van der Waals surface area contributed by atoms with E-state index in [0.717, 1.165) is 6.20 Å². The zero-order chi connectivity index (χ0) is 16.1. The lowest BCUT2D eigenvalue weighted by Crippen LogP contribution is -2.04. The molecule has 22 heavy (non-hydrogen) atoms. The molecule has 2 aromatic heterocycles. The number of rotatable bonds is 7. The van der Waals surface area contributed by atoms with Gasteiger partial charge in [-0.15, -0.1) is 0 Å². The molecular weight excluding hydrogens is 314 g/mol. The number of nitrogens with zero attached hydrogens (tertiary/aromatic N) is 4. The Hall–Kier alpha value is -2.26. The van der Waals surface area contributed by atoms with Gasteiger partial charge in [0.05, 0.1) is 16.5 Å². The number of nitrogens with one attached hydrogen (secondary N) is 1. The highest BCUT2D eigenvalue weighted by molar-refractivity contribution is 6.33. The van der Waals surface area contributed by atoms with Gasteiger partial charge in [-0.1, -0.05) is 16.8 Å². The summed E-state index contributed by atoms with van der Waals surface area (Å²) < 4.78 is 10.4. The summed E-state index contributed by atoms with van der Waals surface area (Å²) in [7, 11) is 0. The highest BCUT2D eigenvalue weighted by Gasteiger charge is 2.15. The fourth-order valence-corrected chi connectivity index (χ4v) is 1.87. The minimum Gasteiger partial charge on any atom is -0.371 e. The van der Waals surface area contributed by atoms with E-state index in [1.807, 2.05) is 13.8 Å². The van der Waals surface area contributed by atoms with Crippen LogP contribution in [-0.4, -0.2) is 26.7 Å². The van der Waals surface area contributed by atoms with Crippen LogP contribution in [0, 0.1) is 10.1 Å². The molecule has 118 valence electrons. The minimum atomic E-state index is -0.567. The predicted molar refractivity (Wildman–Crippen MR) is 77.6 cm³/mol. The van der Waals surface area contributed by atoms with Gasteiger partial charge in [-0.3, -0.25) is 10.1 Å². The van der Waals surface area contributed by atoms with Crippen LogP contribution in [0.1, 0.15) is 31.7 Å². The summed E-state index contributed by atoms with van der Waals surface area (Å²) in [5.74, 6) is 1.07. The van der Waals surface area contributed by atoms with Crippen molar-refractivity contribution < 1.29 is 14.2 Å². The summed E-state index contributed by atoms with van der Waals surface area (Å²) in [6.45, 7) is 4.43. The van der Waals surface area contributed by atoms with E-state index in [-0.39, 0.29) is 23.4 Å². The lowest BCUT2D eigenvalue weighted by molar-refractivity contribution is -0.385. The van der Waals surface area contributed by atoms with Crippen molar-refractivity contribution in [3.05, 3.63) is 39.1 Å². The summed E-state index contributed by atoms with van der Waals surface area (Å²) in [6.07, 6.45) is 0.855. The summed E-state index contributed by atoms with van der Waals surface area (Å²) in [5.41, 5.74) is -0.179. The molecule has 1 atom stereocenters. The van der Waals surface area contributed by atoms with Crippen molar-refractivity contribution in [2.45, 2.75) is 26.5 Å². The molecule has 0 amide bonds. The van der Waals surface area contributed by atoms with Crippen molar-refractivity contribution in [1.29, 1.82) is 0 Å². The van der Waals surface area contributed by atoms with E-state index < -0.39 is 4.92 Å². The van der Waals surface area contributed by atoms with E-state index in [2.05, 4.69) is 20.4 Å². The SMILES string of the molecule is CCO[C@H](C)c1noc(CNc2ncc([N+](=O)[O-])cc2Cl)n1. The maximum atomic E-state index is 10.6. The van der Waals surface area contributed by atoms with Crippen molar-refractivity contribution in [3.63, 3.8) is 0 Å². The first-order chi connectivity index (χ1) is 10.5. The third kappa shape index (κ3) is 3.89. The number of anilines is 1. The Morgan fingerprint density at radius 1 is 1.59 bits per heavy atom. The van der Waals surface area contributed by atoms with E-state index in [1.165, 1.54) is 6.07 Å². The van der Waals surface area contributed by atoms with Crippen molar-refractivity contribution in [3.8, 4) is 0 Å². The summed E-state index contributed by atoms with van der Waals surface area (Å²) in [4.78, 5) is 18.1. The third-order valence-electron chi connectivity index (χ3n) is 2.71. The van der Waals surface area contributed by atoms with Gasteiger partial charge in [0, 0.05) is 12.7 Å². The van der Waals surface area contributed by atoms with Crippen molar-refractivity contribution in [1.82, 2.24) is 15.1 Å². The minimum absolute atomic E-state index is 0.136. The van der Waals surface area contributed by atoms with Gasteiger partial charge in [0.1, 0.15) is 18.1 Å². The van der Waals surface area contributed by atoms with Crippen LogP contribution in [0.25, 0.3) is 0 Å². The van der Waals surface area contributed by atoms with Crippen LogP contribution in [0.15, 0.2) is 16.8 Å². The van der Waals surface area contributed by atoms with Gasteiger partial charge in [-0.2, -0.15) is 4.98 Å². The average molecular weight is 328 g/mol. The molecule has 0 aromatic carbocycles. The monoisotopic (exact) mass is 327 g/mol. The molecule has 2 rings (SSSR count). The zero-order valence-corrected chi connectivity index (χ0v) is 12.7. The zero-order valence-electron chi connectivity index (χ0n) is 11.9. The average Bonchev–Trinajstić information content (AvgIpc) is 2.95. The van der Waals surface area contributed by atoms with Gasteiger partial charge in [0.15, 0.2) is 5.82 Å². The lowest BCUT2D eigenvalue weighted by Gasteiger charge is -2.05. The topological polar surface area (TPSA) is 116 Å². The molecule has 2 heterocycles. The molecule has 0 bridgehead atoms. The molecule has 0 unspecified atom stereocenters. The van der Waals surface area contributed by atoms with Gasteiger partial charge in [0.2, 0.25) is 5.89 Å². The smallest absolute Gasteiger partial charge is 0.289 e. The molecule has 2 aromatic rings. The molecule has 1 N–H and O–H groups in total. The fourth-order valence-electron chi connectivity index (χ4n) is 1.65. The maximum Gasteiger partial charge on any atom is 0.289 e. The van der Waals surface area contributed by atoms with Gasteiger partial charge < -0.3 is 14.6 Å². The van der Waals surface area contributed by atoms with Crippen molar-refractivity contribution >= 4 is 23.1 Å². The van der Waals surface area contributed by atoms with E-state index in [0.29, 0.717) is 24.1 Å². The Bertz CT molecular complexity index is 663. The van der Waals surface area contributed by atoms with Gasteiger partial charge in [-0.25, -0.2) is 4.98 Å². The van der Waals surface area contributed by atoms with Crippen LogP contribution in [0.3, 0.4) is 0 Å². The number of ether oxygens (including phenoxy) is 1. The Balaban J connectivity index is 2.00. The first kappa shape index (κ1) is 16.1. The summed E-state index contributed by atoms with van der Waals surface area (Å²) in [6, 6.07) is 1.22. The van der Waals surface area contributed by atoms with Crippen molar-refractivity contribution in [2.24, 2.45) is 0 Å². The van der Waals surface area contributed by atoms with E-state index >= 15 is 0 Å². The fraction of sp³-hybridized carbons (Fsp3) is 0.417. The highest BCUT2D eigenvalue weighted by Crippen LogP contribution is 2.24. The molecule has 10 heteroatoms. The number of hydrogen-bond acceptors (Lipinski definition) is 8. The molecule has 9 nitrogen and oxygen atoms in total. The predicted octanol–water partition coefficient (Wildman–Crippen LogP) is 2.74. The van der Waals surface area contributed by atoms with Gasteiger partial charge in [0.25, 0.3) is 5.69 Å². The number of hydrogen-bond donors (Lipinski definition) is 1. The van der Waals surface area contributed by atoms with E-state index in [9.17, 15) is 10.1 Å². The van der Waals surface area contributed by atoms with Crippen LogP contribution in [-0.2, 0) is 11.3 Å². The molecule has 0 aliphatic carbocycles. The normalized spacial score (nSPS) is 12.1. The third-order valence-corrected chi connectivity index (χ3v) is 3.00. The quantitative estimate of drug-likeness (QED) is 0.609. The molecule has 0 fully saturated rings. The van der Waals surface area contributed by atoms with Crippen molar-refractivity contribution in [2.75, 3.05) is 11.9 Å². The highest BCUT2D eigenvalue weighted by atomic mass is 35.5. The standard InChI is InChI=1S/C12H14ClN5O4/c1-3-21-7(2)11-16-10(22-17-11)6-15-12-9(13)4-8(5-14-12)18(19)20/h4-5,7H,3,6H2,1-2H3,(H,14,15)/t7-/m1/s1. The number of aromatic nitrogens is 3. The molecule has 0 radical (unpaired) electrons. The Morgan fingerprint density at radius 2 is 2.36 bits per heavy atom. The first-order valence-corrected chi connectivity index (χ1v) is 6.87. The largest absolute Gasteiger partial charge is 0.371 e. The molecule has 0 saturated carbocycles. The Labute approximate surface area is 130 Å². The second-order valence-corrected chi connectivity index (χ2v) is 4.69. The number of nitro groups is 1. The molecular formula is C12H14ClN5O4. The first-order valence-electron chi connectivity index (χ1n) is 6.49. The summed E-state index contributed by atoms with van der Waals surface area (Å²) >= 11 is 5.92. The number of halogens is 1. The van der Waals surface area contributed by atoms with Gasteiger partial charge >= 0.3 is 0 Å². The van der Waals surface area contributed by atoms with E-state index in [1.54, 1.807) is 0 Å². The van der Waals surface area contributed by atoms with Gasteiger partial charge in [-0.05, 0) is 13.8 Å². The lowest BCUT2D eigenvalue weighted by atomic mass is 10.4. The molecule has 0 spiro atoms. The van der Waals surface area contributed by atoms with Crippen LogP contribution in [0.5, 0.6) is 0 Å². The van der Waals surface area contributed by atoms with Crippen LogP contribution in [0.4, 0.5) is 11.5 Å². The van der Waals surface area contributed by atoms with Crippen LogP contribution >= 0.6 is 11.6 Å². The Morgan fingerprint density at radius 3 is 3.00 bits per heavy atom. The van der Waals surface area contributed by atoms with Crippen LogP contribution in [0.2, 0.25) is 5.02 Å². The van der Waals surface area contributed by atoms with Crippen LogP contribution < -0.4 is 5.32 Å². The molecule has 0 aliphatic rings. The molecule has 0 saturated heterocycles.